The van der Waals surface area contributed by atoms with Crippen molar-refractivity contribution in [2.45, 2.75) is 66.3 Å². The first-order chi connectivity index (χ1) is 16.2. The first-order valence-electron chi connectivity index (χ1n) is 11.4. The highest BCUT2D eigenvalue weighted by Gasteiger charge is 2.45. The van der Waals surface area contributed by atoms with E-state index in [1.807, 2.05) is 13.8 Å². The predicted octanol–water partition coefficient (Wildman–Crippen LogP) is 2.83. The number of nitrogens with zero attached hydrogens (tertiary/aromatic N) is 2. The van der Waals surface area contributed by atoms with Gasteiger partial charge in [0.25, 0.3) is 5.56 Å². The van der Waals surface area contributed by atoms with E-state index in [1.54, 1.807) is 17.6 Å². The summed E-state index contributed by atoms with van der Waals surface area (Å²) < 4.78 is 6.81. The SMILES string of the molecule is CC#Cc1c(C)c(C)c(C)c2nc3c(c(CN)c12)Cn1c-3cc2c(c1=O)COC(=O)[C@]2(O)CC. The minimum atomic E-state index is -1.86. The van der Waals surface area contributed by atoms with E-state index in [2.05, 4.69) is 25.7 Å². The fourth-order valence-electron chi connectivity index (χ4n) is 5.35. The van der Waals surface area contributed by atoms with E-state index in [0.29, 0.717) is 29.1 Å². The highest BCUT2D eigenvalue weighted by Crippen LogP contribution is 2.42. The molecular formula is C27H27N3O4. The third-order valence-corrected chi connectivity index (χ3v) is 7.57. The molecule has 0 spiro atoms. The van der Waals surface area contributed by atoms with Crippen LogP contribution in [0.25, 0.3) is 22.3 Å². The first-order valence-corrected chi connectivity index (χ1v) is 11.4. The smallest absolute Gasteiger partial charge is 0.343 e. The summed E-state index contributed by atoms with van der Waals surface area (Å²) in [6.45, 7) is 10.1. The molecule has 4 heterocycles. The lowest BCUT2D eigenvalue weighted by Crippen LogP contribution is -2.44. The second kappa shape index (κ2) is 7.52. The van der Waals surface area contributed by atoms with Gasteiger partial charge in [-0.1, -0.05) is 12.8 Å². The van der Waals surface area contributed by atoms with E-state index in [9.17, 15) is 14.7 Å². The number of carbonyl (C=O) groups is 1. The van der Waals surface area contributed by atoms with Crippen molar-refractivity contribution in [3.05, 3.63) is 60.9 Å². The van der Waals surface area contributed by atoms with Gasteiger partial charge in [-0.05, 0) is 62.4 Å². The third kappa shape index (κ3) is 2.70. The lowest BCUT2D eigenvalue weighted by molar-refractivity contribution is -0.172. The Morgan fingerprint density at radius 3 is 2.59 bits per heavy atom. The van der Waals surface area contributed by atoms with E-state index < -0.39 is 11.6 Å². The quantitative estimate of drug-likeness (QED) is 0.354. The number of aryl methyl sites for hydroxylation is 1. The van der Waals surface area contributed by atoms with Crippen molar-refractivity contribution in [1.29, 1.82) is 0 Å². The van der Waals surface area contributed by atoms with Crippen molar-refractivity contribution in [3.8, 4) is 23.2 Å². The molecular weight excluding hydrogens is 430 g/mol. The fourth-order valence-corrected chi connectivity index (χ4v) is 5.35. The number of nitrogens with two attached hydrogens (primary N) is 1. The summed E-state index contributed by atoms with van der Waals surface area (Å²) in [5.74, 6) is 5.54. The second-order valence-corrected chi connectivity index (χ2v) is 9.07. The van der Waals surface area contributed by atoms with Gasteiger partial charge < -0.3 is 20.1 Å². The Labute approximate surface area is 197 Å². The summed E-state index contributed by atoms with van der Waals surface area (Å²) in [7, 11) is 0. The van der Waals surface area contributed by atoms with Crippen LogP contribution in [-0.4, -0.2) is 20.6 Å². The number of aliphatic hydroxyl groups is 1. The van der Waals surface area contributed by atoms with Gasteiger partial charge in [0.15, 0.2) is 5.60 Å². The van der Waals surface area contributed by atoms with Crippen LogP contribution in [0.15, 0.2) is 10.9 Å². The van der Waals surface area contributed by atoms with Gasteiger partial charge in [-0.25, -0.2) is 9.78 Å². The molecule has 1 atom stereocenters. The van der Waals surface area contributed by atoms with E-state index >= 15 is 0 Å². The molecule has 2 aliphatic heterocycles. The van der Waals surface area contributed by atoms with Crippen LogP contribution in [0.1, 0.15) is 64.8 Å². The Morgan fingerprint density at radius 2 is 1.94 bits per heavy atom. The van der Waals surface area contributed by atoms with Crippen LogP contribution in [0, 0.1) is 32.6 Å². The Bertz CT molecular complexity index is 1560. The highest BCUT2D eigenvalue weighted by molar-refractivity contribution is 5.96. The lowest BCUT2D eigenvalue weighted by atomic mass is 9.85. The van der Waals surface area contributed by atoms with Crippen molar-refractivity contribution < 1.29 is 14.6 Å². The molecule has 174 valence electrons. The summed E-state index contributed by atoms with van der Waals surface area (Å²) in [5, 5.41) is 12.0. The monoisotopic (exact) mass is 457 g/mol. The molecule has 5 rings (SSSR count). The first kappa shape index (κ1) is 22.3. The average molecular weight is 458 g/mol. The van der Waals surface area contributed by atoms with Gasteiger partial charge in [-0.15, -0.1) is 5.92 Å². The Balaban J connectivity index is 1.91. The number of hydrogen-bond donors (Lipinski definition) is 2. The standard InChI is InChI=1S/C27H27N3O4/c1-6-8-16-14(4)13(3)15(5)23-22(16)17(10-28)18-11-30-21(24(18)29-23)9-20-19(25(30)31)12-34-26(32)27(20,33)7-2/h9,33H,7,10-12,28H2,1-5H3/t27-/m0/s1. The summed E-state index contributed by atoms with van der Waals surface area (Å²) in [6, 6.07) is 1.73. The molecule has 7 nitrogen and oxygen atoms in total. The van der Waals surface area contributed by atoms with Crippen molar-refractivity contribution >= 4 is 16.9 Å². The van der Waals surface area contributed by atoms with Gasteiger partial charge in [-0.2, -0.15) is 0 Å². The zero-order valence-corrected chi connectivity index (χ0v) is 20.0. The van der Waals surface area contributed by atoms with Crippen molar-refractivity contribution in [3.63, 3.8) is 0 Å². The molecule has 7 heteroatoms. The third-order valence-electron chi connectivity index (χ3n) is 7.57. The van der Waals surface area contributed by atoms with Crippen molar-refractivity contribution in [1.82, 2.24) is 9.55 Å². The molecule has 1 aromatic carbocycles. The van der Waals surface area contributed by atoms with Crippen LogP contribution in [0.2, 0.25) is 0 Å². The highest BCUT2D eigenvalue weighted by atomic mass is 16.6. The van der Waals surface area contributed by atoms with Gasteiger partial charge in [-0.3, -0.25) is 4.79 Å². The van der Waals surface area contributed by atoms with E-state index in [0.717, 1.165) is 44.3 Å². The largest absolute Gasteiger partial charge is 0.458 e. The van der Waals surface area contributed by atoms with Gasteiger partial charge in [0.1, 0.15) is 6.61 Å². The fraction of sp³-hybridized carbons (Fsp3) is 0.370. The maximum absolute atomic E-state index is 13.5. The van der Waals surface area contributed by atoms with Crippen LogP contribution in [0.5, 0.6) is 0 Å². The summed E-state index contributed by atoms with van der Waals surface area (Å²) in [5.41, 5.74) is 12.8. The number of rotatable bonds is 2. The molecule has 2 aliphatic rings. The van der Waals surface area contributed by atoms with Gasteiger partial charge in [0, 0.05) is 28.6 Å². The Kier molecular flexibility index (Phi) is 4.94. The molecule has 2 aromatic heterocycles. The lowest BCUT2D eigenvalue weighted by Gasteiger charge is -2.31. The maximum Gasteiger partial charge on any atom is 0.343 e. The van der Waals surface area contributed by atoms with E-state index in [4.69, 9.17) is 15.5 Å². The second-order valence-electron chi connectivity index (χ2n) is 9.07. The zero-order chi connectivity index (χ0) is 24.5. The normalized spacial score (nSPS) is 18.1. The Hall–Kier alpha value is -3.47. The van der Waals surface area contributed by atoms with Crippen LogP contribution < -0.4 is 11.3 Å². The van der Waals surface area contributed by atoms with Crippen LogP contribution in [0.3, 0.4) is 0 Å². The van der Waals surface area contributed by atoms with Crippen LogP contribution in [-0.2, 0) is 34.8 Å². The van der Waals surface area contributed by atoms with Gasteiger partial charge >= 0.3 is 5.97 Å². The molecule has 0 fully saturated rings. The molecule has 0 aliphatic carbocycles. The van der Waals surface area contributed by atoms with E-state index in [-0.39, 0.29) is 25.1 Å². The number of pyridine rings is 2. The molecule has 34 heavy (non-hydrogen) atoms. The number of ether oxygens (including phenoxy) is 1. The topological polar surface area (TPSA) is 107 Å². The summed E-state index contributed by atoms with van der Waals surface area (Å²) >= 11 is 0. The number of benzene rings is 1. The predicted molar refractivity (Wildman–Crippen MR) is 129 cm³/mol. The number of esters is 1. The molecule has 0 radical (unpaired) electrons. The maximum atomic E-state index is 13.5. The Morgan fingerprint density at radius 1 is 1.21 bits per heavy atom. The molecule has 0 amide bonds. The minimum Gasteiger partial charge on any atom is -0.458 e. The number of cyclic esters (lactones) is 1. The number of fused-ring (bicyclic) bond motifs is 5. The molecule has 3 aromatic rings. The average Bonchev–Trinajstić information content (AvgIpc) is 3.20. The number of carbonyl (C=O) groups excluding carboxylic acids is 1. The minimum absolute atomic E-state index is 0.102. The van der Waals surface area contributed by atoms with Crippen molar-refractivity contribution in [2.75, 3.05) is 0 Å². The van der Waals surface area contributed by atoms with E-state index in [1.165, 1.54) is 0 Å². The molecule has 0 bridgehead atoms. The van der Waals surface area contributed by atoms with Gasteiger partial charge in [0.05, 0.1) is 29.0 Å². The zero-order valence-electron chi connectivity index (χ0n) is 20.0. The number of aromatic nitrogens is 2. The summed E-state index contributed by atoms with van der Waals surface area (Å²) in [6.07, 6.45) is 0.102. The van der Waals surface area contributed by atoms with Crippen molar-refractivity contribution in [2.24, 2.45) is 5.73 Å². The number of hydrogen-bond acceptors (Lipinski definition) is 6. The molecule has 0 unspecified atom stereocenters. The van der Waals surface area contributed by atoms with Gasteiger partial charge in [0.2, 0.25) is 0 Å². The van der Waals surface area contributed by atoms with Crippen LogP contribution in [0.4, 0.5) is 0 Å². The van der Waals surface area contributed by atoms with Crippen LogP contribution >= 0.6 is 0 Å². The molecule has 0 saturated carbocycles. The molecule has 0 saturated heterocycles. The molecule has 3 N–H and O–H groups in total. The summed E-state index contributed by atoms with van der Waals surface area (Å²) in [4.78, 5) is 31.0.